The van der Waals surface area contributed by atoms with Crippen LogP contribution in [-0.4, -0.2) is 23.3 Å². The third kappa shape index (κ3) is 2.64. The number of hydrogen-bond acceptors (Lipinski definition) is 3. The first-order valence-electron chi connectivity index (χ1n) is 6.52. The topological polar surface area (TPSA) is 37.4 Å². The fraction of sp³-hybridized carbons (Fsp3) is 0.125. The second kappa shape index (κ2) is 5.84. The molecule has 0 fully saturated rings. The third-order valence-electron chi connectivity index (χ3n) is 3.35. The van der Waals surface area contributed by atoms with Gasteiger partial charge in [-0.3, -0.25) is 14.5 Å². The lowest BCUT2D eigenvalue weighted by Gasteiger charge is -2.14. The van der Waals surface area contributed by atoms with Crippen molar-refractivity contribution in [2.45, 2.75) is 6.42 Å². The van der Waals surface area contributed by atoms with Gasteiger partial charge in [0.2, 0.25) is 0 Å². The first kappa shape index (κ1) is 14.0. The van der Waals surface area contributed by atoms with Crippen molar-refractivity contribution in [3.05, 3.63) is 63.3 Å². The first-order valence-corrected chi connectivity index (χ1v) is 7.78. The Kier molecular flexibility index (Phi) is 3.90. The van der Waals surface area contributed by atoms with E-state index in [9.17, 15) is 9.59 Å². The molecule has 3 rings (SSSR count). The first-order chi connectivity index (χ1) is 10.2. The average Bonchev–Trinajstić information content (AvgIpc) is 3.08. The van der Waals surface area contributed by atoms with Gasteiger partial charge < -0.3 is 0 Å². The predicted octanol–water partition coefficient (Wildman–Crippen LogP) is 3.31. The van der Waals surface area contributed by atoms with E-state index in [1.807, 2.05) is 41.8 Å². The Balaban J connectivity index is 1.78. The van der Waals surface area contributed by atoms with Gasteiger partial charge in [-0.1, -0.05) is 48.0 Å². The minimum atomic E-state index is -0.402. The summed E-state index contributed by atoms with van der Waals surface area (Å²) in [5.41, 5.74) is 1.41. The highest BCUT2D eigenvalue weighted by molar-refractivity contribution is 7.11. The molecule has 1 aromatic carbocycles. The average molecular weight is 318 g/mol. The van der Waals surface area contributed by atoms with Crippen molar-refractivity contribution in [3.8, 4) is 0 Å². The molecule has 0 unspecified atom stereocenters. The van der Waals surface area contributed by atoms with E-state index in [1.165, 1.54) is 16.2 Å². The van der Waals surface area contributed by atoms with Gasteiger partial charge in [-0.25, -0.2) is 0 Å². The quantitative estimate of drug-likeness (QED) is 0.811. The molecule has 2 heterocycles. The van der Waals surface area contributed by atoms with Crippen molar-refractivity contribution in [2.24, 2.45) is 0 Å². The lowest BCUT2D eigenvalue weighted by atomic mass is 10.1. The number of benzene rings is 1. The standard InChI is InChI=1S/C16H12ClNO2S/c17-14-13(12-7-4-10-21-12)15(19)18(16(14)20)9-8-11-5-2-1-3-6-11/h1-7,10H,8-9H2. The summed E-state index contributed by atoms with van der Waals surface area (Å²) in [5, 5.41) is 1.88. The maximum absolute atomic E-state index is 12.4. The Hall–Kier alpha value is -1.91. The molecule has 0 saturated heterocycles. The van der Waals surface area contributed by atoms with E-state index in [0.717, 1.165) is 10.4 Å². The smallest absolute Gasteiger partial charge is 0.273 e. The van der Waals surface area contributed by atoms with Crippen LogP contribution in [0.5, 0.6) is 0 Å². The number of hydrogen-bond donors (Lipinski definition) is 0. The third-order valence-corrected chi connectivity index (χ3v) is 4.58. The summed E-state index contributed by atoms with van der Waals surface area (Å²) >= 11 is 7.47. The Morgan fingerprint density at radius 2 is 1.76 bits per heavy atom. The molecule has 2 amide bonds. The monoisotopic (exact) mass is 317 g/mol. The zero-order chi connectivity index (χ0) is 14.8. The van der Waals surface area contributed by atoms with Crippen molar-refractivity contribution in [2.75, 3.05) is 6.54 Å². The molecule has 0 bridgehead atoms. The maximum Gasteiger partial charge on any atom is 0.273 e. The molecule has 1 aliphatic rings. The van der Waals surface area contributed by atoms with Gasteiger partial charge in [-0.15, -0.1) is 11.3 Å². The van der Waals surface area contributed by atoms with Crippen LogP contribution in [0.4, 0.5) is 0 Å². The van der Waals surface area contributed by atoms with Crippen LogP contribution in [0.2, 0.25) is 0 Å². The molecule has 21 heavy (non-hydrogen) atoms. The van der Waals surface area contributed by atoms with Crippen LogP contribution < -0.4 is 0 Å². The lowest BCUT2D eigenvalue weighted by Crippen LogP contribution is -2.33. The number of thiophene rings is 1. The number of carbonyl (C=O) groups excluding carboxylic acids is 2. The van der Waals surface area contributed by atoms with E-state index >= 15 is 0 Å². The van der Waals surface area contributed by atoms with Crippen molar-refractivity contribution >= 4 is 40.3 Å². The van der Waals surface area contributed by atoms with Gasteiger partial charge in [-0.05, 0) is 23.4 Å². The van der Waals surface area contributed by atoms with Crippen molar-refractivity contribution < 1.29 is 9.59 Å². The molecule has 0 spiro atoms. The molecule has 0 N–H and O–H groups in total. The Morgan fingerprint density at radius 1 is 1.00 bits per heavy atom. The molecule has 106 valence electrons. The minimum absolute atomic E-state index is 0.0236. The second-order valence-corrected chi connectivity index (χ2v) is 5.99. The van der Waals surface area contributed by atoms with Crippen LogP contribution >= 0.6 is 22.9 Å². The van der Waals surface area contributed by atoms with Gasteiger partial charge in [0.15, 0.2) is 0 Å². The number of carbonyl (C=O) groups is 2. The second-order valence-electron chi connectivity index (χ2n) is 4.66. The summed E-state index contributed by atoms with van der Waals surface area (Å²) in [6.45, 7) is 0.340. The number of nitrogens with zero attached hydrogens (tertiary/aromatic N) is 1. The summed E-state index contributed by atoms with van der Waals surface area (Å²) < 4.78 is 0. The zero-order valence-electron chi connectivity index (χ0n) is 11.1. The fourth-order valence-corrected chi connectivity index (χ4v) is 3.38. The molecular weight excluding hydrogens is 306 g/mol. The van der Waals surface area contributed by atoms with E-state index < -0.39 is 5.91 Å². The highest BCUT2D eigenvalue weighted by Crippen LogP contribution is 2.33. The Labute approximate surface area is 131 Å². The normalized spacial score (nSPS) is 15.2. The molecule has 3 nitrogen and oxygen atoms in total. The summed E-state index contributed by atoms with van der Waals surface area (Å²) in [4.78, 5) is 26.5. The van der Waals surface area contributed by atoms with E-state index in [4.69, 9.17) is 11.6 Å². The fourth-order valence-electron chi connectivity index (χ4n) is 2.27. The van der Waals surface area contributed by atoms with Gasteiger partial charge in [0, 0.05) is 11.4 Å². The highest BCUT2D eigenvalue weighted by Gasteiger charge is 2.38. The van der Waals surface area contributed by atoms with Crippen molar-refractivity contribution in [1.29, 1.82) is 0 Å². The SMILES string of the molecule is O=C1C(Cl)=C(c2cccs2)C(=O)N1CCc1ccccc1. The number of imide groups is 1. The largest absolute Gasteiger partial charge is 0.273 e. The Bertz CT molecular complexity index is 707. The summed E-state index contributed by atoms with van der Waals surface area (Å²) in [7, 11) is 0. The molecular formula is C16H12ClNO2S. The zero-order valence-corrected chi connectivity index (χ0v) is 12.7. The molecule has 1 aliphatic heterocycles. The molecule has 0 aliphatic carbocycles. The summed E-state index contributed by atoms with van der Waals surface area (Å²) in [6.07, 6.45) is 0.625. The van der Waals surface area contributed by atoms with Crippen LogP contribution in [0.3, 0.4) is 0 Å². The van der Waals surface area contributed by atoms with Crippen molar-refractivity contribution in [1.82, 2.24) is 4.90 Å². The van der Waals surface area contributed by atoms with Gasteiger partial charge in [0.25, 0.3) is 11.8 Å². The molecule has 0 radical (unpaired) electrons. The predicted molar refractivity (Wildman–Crippen MR) is 84.0 cm³/mol. The van der Waals surface area contributed by atoms with Crippen LogP contribution in [-0.2, 0) is 16.0 Å². The number of halogens is 1. The van der Waals surface area contributed by atoms with Crippen LogP contribution in [0.15, 0.2) is 52.9 Å². The number of rotatable bonds is 4. The maximum atomic E-state index is 12.4. The lowest BCUT2D eigenvalue weighted by molar-refractivity contribution is -0.136. The summed E-state index contributed by atoms with van der Waals surface area (Å²) in [6, 6.07) is 13.4. The van der Waals surface area contributed by atoms with Crippen molar-refractivity contribution in [3.63, 3.8) is 0 Å². The van der Waals surface area contributed by atoms with Crippen LogP contribution in [0, 0.1) is 0 Å². The highest BCUT2D eigenvalue weighted by atomic mass is 35.5. The molecule has 0 atom stereocenters. The van der Waals surface area contributed by atoms with Crippen LogP contribution in [0.25, 0.3) is 5.57 Å². The van der Waals surface area contributed by atoms with E-state index in [-0.39, 0.29) is 10.9 Å². The Morgan fingerprint density at radius 3 is 2.43 bits per heavy atom. The molecule has 2 aromatic rings. The van der Waals surface area contributed by atoms with Gasteiger partial charge in [0.05, 0.1) is 5.57 Å². The van der Waals surface area contributed by atoms with Gasteiger partial charge in [-0.2, -0.15) is 0 Å². The van der Waals surface area contributed by atoms with E-state index in [1.54, 1.807) is 6.07 Å². The van der Waals surface area contributed by atoms with E-state index in [2.05, 4.69) is 0 Å². The van der Waals surface area contributed by atoms with E-state index in [0.29, 0.717) is 18.5 Å². The summed E-state index contributed by atoms with van der Waals surface area (Å²) in [5.74, 6) is -0.704. The molecule has 0 saturated carbocycles. The van der Waals surface area contributed by atoms with Crippen LogP contribution in [0.1, 0.15) is 10.4 Å². The molecule has 1 aromatic heterocycles. The number of amides is 2. The molecule has 5 heteroatoms. The van der Waals surface area contributed by atoms with Gasteiger partial charge in [0.1, 0.15) is 5.03 Å². The minimum Gasteiger partial charge on any atom is -0.273 e. The van der Waals surface area contributed by atoms with Gasteiger partial charge >= 0.3 is 0 Å².